The minimum Gasteiger partial charge on any atom is -0.457 e. The summed E-state index contributed by atoms with van der Waals surface area (Å²) in [6, 6.07) is 12.1. The van der Waals surface area contributed by atoms with E-state index in [1.165, 1.54) is 36.4 Å². The molecule has 7 nitrogen and oxygen atoms in total. The number of furan rings is 1. The van der Waals surface area contributed by atoms with Gasteiger partial charge >= 0.3 is 6.18 Å². The van der Waals surface area contributed by atoms with Gasteiger partial charge in [0, 0.05) is 28.8 Å². The smallest absolute Gasteiger partial charge is 0.418 e. The average molecular weight is 494 g/mol. The van der Waals surface area contributed by atoms with Crippen molar-refractivity contribution in [3.8, 4) is 11.3 Å². The minimum absolute atomic E-state index is 0.0266. The first-order valence-electron chi connectivity index (χ1n) is 9.11. The number of aliphatic imine (C=N–C) groups is 1. The number of hydrogen-bond acceptors (Lipinski definition) is 6. The highest BCUT2D eigenvalue weighted by atomic mass is 35.5. The second-order valence-electron chi connectivity index (χ2n) is 6.65. The fourth-order valence-electron chi connectivity index (χ4n) is 2.88. The first-order valence-corrected chi connectivity index (χ1v) is 10.3. The Kier molecular flexibility index (Phi) is 6.00. The van der Waals surface area contributed by atoms with Gasteiger partial charge in [0.05, 0.1) is 21.1 Å². The molecule has 0 spiro atoms. The van der Waals surface area contributed by atoms with Crippen LogP contribution in [-0.4, -0.2) is 16.0 Å². The summed E-state index contributed by atoms with van der Waals surface area (Å²) in [5.41, 5.74) is -0.866. The molecule has 4 rings (SSSR count). The molecule has 33 heavy (non-hydrogen) atoms. The molecule has 0 atom stereocenters. The maximum atomic E-state index is 13.3. The SMILES string of the molecule is O=C1NC(=Nc2ccc(Cl)cc2C(F)(F)F)SC1=Cc1ccc(-c2ccc([N+](=O)[O-])cc2)o1. The Morgan fingerprint density at radius 3 is 2.52 bits per heavy atom. The Labute approximate surface area is 193 Å². The topological polar surface area (TPSA) is 97.7 Å². The van der Waals surface area contributed by atoms with Crippen LogP contribution in [0.5, 0.6) is 0 Å². The number of nitrogens with one attached hydrogen (secondary N) is 1. The zero-order valence-electron chi connectivity index (χ0n) is 16.2. The van der Waals surface area contributed by atoms with Gasteiger partial charge in [-0.05, 0) is 54.2 Å². The van der Waals surface area contributed by atoms with Crippen LogP contribution in [0.4, 0.5) is 24.5 Å². The third-order valence-corrected chi connectivity index (χ3v) is 5.54. The molecule has 0 bridgehead atoms. The molecule has 1 N–H and O–H groups in total. The van der Waals surface area contributed by atoms with Gasteiger partial charge in [-0.1, -0.05) is 11.6 Å². The quantitative estimate of drug-likeness (QED) is 0.257. The summed E-state index contributed by atoms with van der Waals surface area (Å²) in [5, 5.41) is 13.1. The number of rotatable bonds is 4. The number of nitro groups is 1. The molecule has 1 aliphatic heterocycles. The highest BCUT2D eigenvalue weighted by Gasteiger charge is 2.34. The largest absolute Gasteiger partial charge is 0.457 e. The molecule has 1 aromatic heterocycles. The molecular formula is C21H11ClF3N3O4S. The van der Waals surface area contributed by atoms with E-state index >= 15 is 0 Å². The summed E-state index contributed by atoms with van der Waals surface area (Å²) >= 11 is 6.53. The second kappa shape index (κ2) is 8.75. The number of carbonyl (C=O) groups excluding carboxylic acids is 1. The van der Waals surface area contributed by atoms with E-state index < -0.39 is 22.6 Å². The Bertz CT molecular complexity index is 1320. The van der Waals surface area contributed by atoms with Gasteiger partial charge in [0.2, 0.25) is 0 Å². The van der Waals surface area contributed by atoms with E-state index in [0.717, 1.165) is 23.9 Å². The van der Waals surface area contributed by atoms with E-state index in [-0.39, 0.29) is 26.5 Å². The van der Waals surface area contributed by atoms with E-state index in [4.69, 9.17) is 16.0 Å². The van der Waals surface area contributed by atoms with Crippen molar-refractivity contribution in [2.24, 2.45) is 4.99 Å². The summed E-state index contributed by atoms with van der Waals surface area (Å²) in [4.78, 5) is 26.6. The zero-order chi connectivity index (χ0) is 23.8. The van der Waals surface area contributed by atoms with Crippen molar-refractivity contribution >= 4 is 51.9 Å². The second-order valence-corrected chi connectivity index (χ2v) is 8.11. The van der Waals surface area contributed by atoms with Crippen LogP contribution >= 0.6 is 23.4 Å². The number of amides is 1. The average Bonchev–Trinajstić information content (AvgIpc) is 3.35. The third kappa shape index (κ3) is 5.10. The highest BCUT2D eigenvalue weighted by Crippen LogP contribution is 2.39. The minimum atomic E-state index is -4.67. The molecule has 0 radical (unpaired) electrons. The fourth-order valence-corrected chi connectivity index (χ4v) is 3.87. The molecule has 1 aliphatic rings. The molecule has 0 saturated carbocycles. The van der Waals surface area contributed by atoms with Gasteiger partial charge in [0.15, 0.2) is 5.17 Å². The van der Waals surface area contributed by atoms with Crippen molar-refractivity contribution in [2.45, 2.75) is 6.18 Å². The van der Waals surface area contributed by atoms with E-state index in [1.54, 1.807) is 12.1 Å². The molecule has 2 aromatic carbocycles. The molecule has 3 aromatic rings. The van der Waals surface area contributed by atoms with Crippen LogP contribution in [0.25, 0.3) is 17.4 Å². The van der Waals surface area contributed by atoms with Crippen LogP contribution in [0.3, 0.4) is 0 Å². The fraction of sp³-hybridized carbons (Fsp3) is 0.0476. The Morgan fingerprint density at radius 1 is 1.12 bits per heavy atom. The molecule has 12 heteroatoms. The van der Waals surface area contributed by atoms with Gasteiger partial charge < -0.3 is 9.73 Å². The lowest BCUT2D eigenvalue weighted by molar-refractivity contribution is -0.384. The van der Waals surface area contributed by atoms with Crippen LogP contribution in [0.1, 0.15) is 11.3 Å². The number of amidine groups is 1. The van der Waals surface area contributed by atoms with Crippen molar-refractivity contribution in [1.29, 1.82) is 0 Å². The molecule has 168 valence electrons. The maximum Gasteiger partial charge on any atom is 0.418 e. The van der Waals surface area contributed by atoms with Gasteiger partial charge in [-0.15, -0.1) is 0 Å². The number of nitrogens with zero attached hydrogens (tertiary/aromatic N) is 2. The van der Waals surface area contributed by atoms with Gasteiger partial charge in [0.25, 0.3) is 11.6 Å². The monoisotopic (exact) mass is 493 g/mol. The summed E-state index contributed by atoms with van der Waals surface area (Å²) in [5.74, 6) is 0.185. The standard InChI is InChI=1S/C21H11ClF3N3O4S/c22-12-3-7-16(15(9-12)21(23,24)25)26-20-27-19(29)18(33-20)10-14-6-8-17(32-14)11-1-4-13(5-2-11)28(30)31/h1-10H,(H,26,27,29). The summed E-state index contributed by atoms with van der Waals surface area (Å²) in [7, 11) is 0. The maximum absolute atomic E-state index is 13.3. The predicted octanol–water partition coefficient (Wildman–Crippen LogP) is 6.42. The number of carbonyl (C=O) groups is 1. The molecule has 1 amide bonds. The van der Waals surface area contributed by atoms with E-state index in [0.29, 0.717) is 17.1 Å². The van der Waals surface area contributed by atoms with Gasteiger partial charge in [-0.2, -0.15) is 13.2 Å². The predicted molar refractivity (Wildman–Crippen MR) is 118 cm³/mol. The molecule has 0 aliphatic carbocycles. The molecule has 1 fully saturated rings. The van der Waals surface area contributed by atoms with Crippen LogP contribution in [0.15, 0.2) is 68.9 Å². The van der Waals surface area contributed by atoms with Crippen molar-refractivity contribution in [1.82, 2.24) is 5.32 Å². The lowest BCUT2D eigenvalue weighted by atomic mass is 10.1. The van der Waals surface area contributed by atoms with Gasteiger partial charge in [-0.25, -0.2) is 4.99 Å². The lowest BCUT2D eigenvalue weighted by Crippen LogP contribution is -2.19. The van der Waals surface area contributed by atoms with Crippen LogP contribution in [0.2, 0.25) is 5.02 Å². The normalized spacial score (nSPS) is 16.4. The van der Waals surface area contributed by atoms with Crippen LogP contribution in [0, 0.1) is 10.1 Å². The van der Waals surface area contributed by atoms with E-state index in [1.807, 2.05) is 0 Å². The summed E-state index contributed by atoms with van der Waals surface area (Å²) < 4.78 is 45.5. The number of thioether (sulfide) groups is 1. The Hall–Kier alpha value is -3.57. The van der Waals surface area contributed by atoms with Crippen LogP contribution in [-0.2, 0) is 11.0 Å². The van der Waals surface area contributed by atoms with Crippen molar-refractivity contribution in [3.63, 3.8) is 0 Å². The van der Waals surface area contributed by atoms with Crippen LogP contribution < -0.4 is 5.32 Å². The highest BCUT2D eigenvalue weighted by molar-refractivity contribution is 8.18. The van der Waals surface area contributed by atoms with Gasteiger partial charge in [0.1, 0.15) is 11.5 Å². The number of nitro benzene ring substituents is 1. The van der Waals surface area contributed by atoms with E-state index in [2.05, 4.69) is 10.3 Å². The van der Waals surface area contributed by atoms with E-state index in [9.17, 15) is 28.1 Å². The Balaban J connectivity index is 1.56. The molecule has 2 heterocycles. The number of non-ortho nitro benzene ring substituents is 1. The first kappa shape index (κ1) is 22.6. The van der Waals surface area contributed by atoms with Crippen molar-refractivity contribution < 1.29 is 27.3 Å². The molecule has 1 saturated heterocycles. The van der Waals surface area contributed by atoms with Gasteiger partial charge in [-0.3, -0.25) is 14.9 Å². The first-order chi connectivity index (χ1) is 15.6. The number of hydrogen-bond donors (Lipinski definition) is 1. The number of benzene rings is 2. The van der Waals surface area contributed by atoms with Crippen molar-refractivity contribution in [3.05, 3.63) is 86.0 Å². The molecular weight excluding hydrogens is 483 g/mol. The summed E-state index contributed by atoms with van der Waals surface area (Å²) in [6.07, 6.45) is -3.25. The lowest BCUT2D eigenvalue weighted by Gasteiger charge is -2.10. The third-order valence-electron chi connectivity index (χ3n) is 4.40. The Morgan fingerprint density at radius 2 is 1.85 bits per heavy atom. The summed E-state index contributed by atoms with van der Waals surface area (Å²) in [6.45, 7) is 0. The zero-order valence-corrected chi connectivity index (χ0v) is 17.8. The number of alkyl halides is 3. The molecule has 0 unspecified atom stereocenters. The number of halogens is 4. The van der Waals surface area contributed by atoms with Crippen molar-refractivity contribution in [2.75, 3.05) is 0 Å².